The van der Waals surface area contributed by atoms with Gasteiger partial charge in [-0.05, 0) is 48.5 Å². The first-order valence-corrected chi connectivity index (χ1v) is 9.02. The van der Waals surface area contributed by atoms with E-state index >= 15 is 0 Å². The zero-order chi connectivity index (χ0) is 18.6. The summed E-state index contributed by atoms with van der Waals surface area (Å²) in [6, 6.07) is 0.233. The molecule has 0 aliphatic carbocycles. The number of amides is 1. The van der Waals surface area contributed by atoms with Crippen molar-refractivity contribution in [2.75, 3.05) is 19.6 Å². The highest BCUT2D eigenvalue weighted by Gasteiger charge is 2.54. The van der Waals surface area contributed by atoms with Crippen molar-refractivity contribution in [3.63, 3.8) is 0 Å². The van der Waals surface area contributed by atoms with E-state index in [4.69, 9.17) is 14.0 Å². The molecule has 140 valence electrons. The Morgan fingerprint density at radius 2 is 1.72 bits per heavy atom. The maximum absolute atomic E-state index is 12.0. The van der Waals surface area contributed by atoms with Gasteiger partial charge >= 0.3 is 13.2 Å². The van der Waals surface area contributed by atoms with Gasteiger partial charge in [0.05, 0.1) is 23.1 Å². The van der Waals surface area contributed by atoms with Gasteiger partial charge in [-0.15, -0.1) is 0 Å². The summed E-state index contributed by atoms with van der Waals surface area (Å²) in [5.74, 6) is 0.108. The number of carbonyl (C=O) groups excluding carboxylic acids is 1. The molecular formula is C17H30BN3O4. The highest BCUT2D eigenvalue weighted by atomic mass is 16.7. The van der Waals surface area contributed by atoms with Gasteiger partial charge in [0, 0.05) is 25.8 Å². The van der Waals surface area contributed by atoms with E-state index in [1.807, 2.05) is 32.0 Å². The summed E-state index contributed by atoms with van der Waals surface area (Å²) in [7, 11) is -0.277. The fraction of sp³-hybridized carbons (Fsp3) is 0.882. The number of nitrogens with zero attached hydrogens (tertiary/aromatic N) is 3. The van der Waals surface area contributed by atoms with Crippen LogP contribution in [0.4, 0.5) is 4.79 Å². The molecule has 0 aromatic heterocycles. The van der Waals surface area contributed by atoms with E-state index in [9.17, 15) is 4.79 Å². The fourth-order valence-corrected chi connectivity index (χ4v) is 3.06. The number of hydrogen-bond donors (Lipinski definition) is 0. The van der Waals surface area contributed by atoms with Gasteiger partial charge in [-0.3, -0.25) is 5.01 Å². The third-order valence-electron chi connectivity index (χ3n) is 5.36. The van der Waals surface area contributed by atoms with E-state index < -0.39 is 5.60 Å². The van der Waals surface area contributed by atoms with Crippen molar-refractivity contribution in [3.05, 3.63) is 0 Å². The van der Waals surface area contributed by atoms with Gasteiger partial charge in [0.15, 0.2) is 0 Å². The van der Waals surface area contributed by atoms with Gasteiger partial charge in [-0.1, -0.05) is 0 Å². The molecule has 2 saturated heterocycles. The zero-order valence-corrected chi connectivity index (χ0v) is 16.4. The van der Waals surface area contributed by atoms with E-state index in [2.05, 4.69) is 32.8 Å². The lowest BCUT2D eigenvalue weighted by Crippen LogP contribution is -2.60. The van der Waals surface area contributed by atoms with Gasteiger partial charge in [0.1, 0.15) is 5.60 Å². The second-order valence-electron chi connectivity index (χ2n) is 9.21. The topological polar surface area (TPSA) is 63.6 Å². The molecule has 1 atom stereocenters. The number of rotatable bonds is 2. The predicted octanol–water partition coefficient (Wildman–Crippen LogP) is 2.37. The standard InChI is InChI=1S/C17H30BN3O4/c1-15(2,3)23-14(22)20-10-13(11-20)21-9-12(8-19-21)18-24-16(4,5)17(6,7)25-18/h8,12-13H,9-11H2,1-7H3. The summed E-state index contributed by atoms with van der Waals surface area (Å²) in [4.78, 5) is 13.7. The highest BCUT2D eigenvalue weighted by molar-refractivity contribution is 6.52. The molecule has 0 N–H and O–H groups in total. The van der Waals surface area contributed by atoms with E-state index in [0.29, 0.717) is 13.1 Å². The molecule has 0 aromatic carbocycles. The van der Waals surface area contributed by atoms with E-state index in [1.165, 1.54) is 0 Å². The van der Waals surface area contributed by atoms with Crippen molar-refractivity contribution in [2.24, 2.45) is 5.10 Å². The normalized spacial score (nSPS) is 28.4. The van der Waals surface area contributed by atoms with Crippen molar-refractivity contribution < 1.29 is 18.8 Å². The summed E-state index contributed by atoms with van der Waals surface area (Å²) < 4.78 is 17.6. The van der Waals surface area contributed by atoms with Gasteiger partial charge in [0.2, 0.25) is 0 Å². The van der Waals surface area contributed by atoms with E-state index in [-0.39, 0.29) is 36.3 Å². The van der Waals surface area contributed by atoms with Crippen LogP contribution in [0.5, 0.6) is 0 Å². The lowest BCUT2D eigenvalue weighted by Gasteiger charge is -2.43. The average molecular weight is 351 g/mol. The number of hydrogen-bond acceptors (Lipinski definition) is 6. The Bertz CT molecular complexity index is 551. The smallest absolute Gasteiger partial charge is 0.444 e. The number of likely N-dealkylation sites (tertiary alicyclic amines) is 1. The summed E-state index contributed by atoms with van der Waals surface area (Å²) >= 11 is 0. The SMILES string of the molecule is CC(C)(C)OC(=O)N1CC(N2CC(B3OC(C)(C)C(C)(C)O3)C=N2)C1. The van der Waals surface area contributed by atoms with Crippen molar-refractivity contribution in [1.82, 2.24) is 9.91 Å². The van der Waals surface area contributed by atoms with Crippen LogP contribution in [0, 0.1) is 0 Å². The number of carbonyl (C=O) groups is 1. The quantitative estimate of drug-likeness (QED) is 0.715. The Kier molecular flexibility index (Phi) is 4.35. The van der Waals surface area contributed by atoms with Crippen LogP contribution < -0.4 is 0 Å². The lowest BCUT2D eigenvalue weighted by molar-refractivity contribution is -0.0131. The van der Waals surface area contributed by atoms with Gasteiger partial charge < -0.3 is 18.9 Å². The molecule has 3 heterocycles. The highest BCUT2D eigenvalue weighted by Crippen LogP contribution is 2.40. The van der Waals surface area contributed by atoms with Gasteiger partial charge in [-0.25, -0.2) is 4.79 Å². The van der Waals surface area contributed by atoms with Crippen molar-refractivity contribution in [2.45, 2.75) is 77.1 Å². The van der Waals surface area contributed by atoms with Crippen molar-refractivity contribution in [3.8, 4) is 0 Å². The molecule has 0 aromatic rings. The molecule has 8 heteroatoms. The molecule has 1 unspecified atom stereocenters. The maximum atomic E-state index is 12.0. The molecule has 0 saturated carbocycles. The van der Waals surface area contributed by atoms with E-state index in [1.54, 1.807) is 4.90 Å². The predicted molar refractivity (Wildman–Crippen MR) is 96.6 cm³/mol. The van der Waals surface area contributed by atoms with Crippen LogP contribution in [-0.4, -0.2) is 71.8 Å². The first-order chi connectivity index (χ1) is 11.4. The third kappa shape index (κ3) is 3.65. The molecule has 0 spiro atoms. The van der Waals surface area contributed by atoms with Crippen LogP contribution in [-0.2, 0) is 14.0 Å². The molecule has 1 amide bonds. The Labute approximate surface area is 150 Å². The average Bonchev–Trinajstić information content (AvgIpc) is 2.89. The van der Waals surface area contributed by atoms with E-state index in [0.717, 1.165) is 6.54 Å². The molecule has 25 heavy (non-hydrogen) atoms. The van der Waals surface area contributed by atoms with Crippen LogP contribution in [0.3, 0.4) is 0 Å². The molecular weight excluding hydrogens is 321 g/mol. The summed E-state index contributed by atoms with van der Waals surface area (Å²) in [6.45, 7) is 15.9. The second-order valence-corrected chi connectivity index (χ2v) is 9.21. The monoisotopic (exact) mass is 351 g/mol. The maximum Gasteiger partial charge on any atom is 0.468 e. The Morgan fingerprint density at radius 1 is 1.16 bits per heavy atom. The van der Waals surface area contributed by atoms with Crippen LogP contribution in [0.25, 0.3) is 0 Å². The number of ether oxygens (including phenoxy) is 1. The van der Waals surface area contributed by atoms with Crippen LogP contribution in [0.1, 0.15) is 48.5 Å². The van der Waals surface area contributed by atoms with Crippen LogP contribution in [0.15, 0.2) is 5.10 Å². The van der Waals surface area contributed by atoms with Crippen molar-refractivity contribution >= 4 is 19.4 Å². The van der Waals surface area contributed by atoms with Gasteiger partial charge in [0.25, 0.3) is 0 Å². The minimum absolute atomic E-state index is 0.108. The lowest BCUT2D eigenvalue weighted by atomic mass is 9.73. The first-order valence-electron chi connectivity index (χ1n) is 9.02. The Balaban J connectivity index is 1.48. The minimum atomic E-state index is -0.462. The van der Waals surface area contributed by atoms with Crippen molar-refractivity contribution in [1.29, 1.82) is 0 Å². The van der Waals surface area contributed by atoms with Crippen LogP contribution >= 0.6 is 0 Å². The summed E-state index contributed by atoms with van der Waals surface area (Å²) in [5.41, 5.74) is -1.12. The second kappa shape index (κ2) is 5.88. The fourth-order valence-electron chi connectivity index (χ4n) is 3.06. The molecule has 0 radical (unpaired) electrons. The Hall–Kier alpha value is -1.28. The Morgan fingerprint density at radius 3 is 2.24 bits per heavy atom. The molecule has 7 nitrogen and oxygen atoms in total. The minimum Gasteiger partial charge on any atom is -0.444 e. The molecule has 3 aliphatic rings. The molecule has 0 bridgehead atoms. The molecule has 2 fully saturated rings. The first kappa shape index (κ1) is 18.5. The zero-order valence-electron chi connectivity index (χ0n) is 16.4. The summed E-state index contributed by atoms with van der Waals surface area (Å²) in [5, 5.41) is 6.56. The largest absolute Gasteiger partial charge is 0.468 e. The molecule has 3 aliphatic heterocycles. The summed E-state index contributed by atoms with van der Waals surface area (Å²) in [6.07, 6.45) is 1.66. The number of hydrazone groups is 1. The van der Waals surface area contributed by atoms with Crippen LogP contribution in [0.2, 0.25) is 5.82 Å². The molecule has 3 rings (SSSR count). The van der Waals surface area contributed by atoms with Gasteiger partial charge in [-0.2, -0.15) is 5.10 Å². The third-order valence-corrected chi connectivity index (χ3v) is 5.36.